The molecule has 0 aromatic heterocycles. The molecule has 0 aromatic carbocycles. The topological polar surface area (TPSA) is 12.0 Å². The lowest BCUT2D eigenvalue weighted by atomic mass is 9.71. The Hall–Kier alpha value is -0.0400. The van der Waals surface area contributed by atoms with Gasteiger partial charge in [0.05, 0.1) is 0 Å². The second-order valence-corrected chi connectivity index (χ2v) is 7.52. The summed E-state index contributed by atoms with van der Waals surface area (Å²) in [5.41, 5.74) is 1.11. The molecule has 15 heavy (non-hydrogen) atoms. The molecule has 1 saturated carbocycles. The summed E-state index contributed by atoms with van der Waals surface area (Å²) >= 11 is 0. The van der Waals surface area contributed by atoms with Crippen molar-refractivity contribution in [2.45, 2.75) is 47.5 Å². The SMILES string of the molecule is CC(C)(C)C1CC1CC(C)(C)C1CNC1. The van der Waals surface area contributed by atoms with Crippen molar-refractivity contribution >= 4 is 0 Å². The Morgan fingerprint density at radius 1 is 1.07 bits per heavy atom. The lowest BCUT2D eigenvalue weighted by molar-refractivity contribution is 0.120. The number of hydrogen-bond donors (Lipinski definition) is 1. The minimum atomic E-state index is 0.540. The van der Waals surface area contributed by atoms with Crippen molar-refractivity contribution in [1.29, 1.82) is 0 Å². The Morgan fingerprint density at radius 2 is 1.67 bits per heavy atom. The molecule has 2 fully saturated rings. The highest BCUT2D eigenvalue weighted by atomic mass is 15.0. The molecule has 1 aliphatic heterocycles. The van der Waals surface area contributed by atoms with Gasteiger partial charge in [-0.3, -0.25) is 0 Å². The fourth-order valence-electron chi connectivity index (χ4n) is 3.22. The smallest absolute Gasteiger partial charge is 0.000312 e. The van der Waals surface area contributed by atoms with Gasteiger partial charge in [0.1, 0.15) is 0 Å². The van der Waals surface area contributed by atoms with E-state index in [-0.39, 0.29) is 0 Å². The van der Waals surface area contributed by atoms with Crippen LogP contribution in [0, 0.1) is 28.6 Å². The molecule has 1 nitrogen and oxygen atoms in total. The summed E-state index contributed by atoms with van der Waals surface area (Å²) < 4.78 is 0. The van der Waals surface area contributed by atoms with Gasteiger partial charge in [-0.2, -0.15) is 0 Å². The van der Waals surface area contributed by atoms with E-state index in [0.717, 1.165) is 17.8 Å². The van der Waals surface area contributed by atoms with Crippen molar-refractivity contribution in [1.82, 2.24) is 5.32 Å². The number of hydrogen-bond acceptors (Lipinski definition) is 1. The minimum Gasteiger partial charge on any atom is -0.316 e. The van der Waals surface area contributed by atoms with E-state index in [0.29, 0.717) is 10.8 Å². The highest BCUT2D eigenvalue weighted by molar-refractivity contribution is 4.99. The van der Waals surface area contributed by atoms with Gasteiger partial charge in [0, 0.05) is 0 Å². The predicted octanol–water partition coefficient (Wildman–Crippen LogP) is 3.30. The van der Waals surface area contributed by atoms with Gasteiger partial charge in [-0.1, -0.05) is 34.6 Å². The first-order valence-corrected chi connectivity index (χ1v) is 6.51. The van der Waals surface area contributed by atoms with Gasteiger partial charge in [0.2, 0.25) is 0 Å². The fourth-order valence-corrected chi connectivity index (χ4v) is 3.22. The van der Waals surface area contributed by atoms with E-state index < -0.39 is 0 Å². The molecule has 2 atom stereocenters. The molecular weight excluding hydrogens is 182 g/mol. The second kappa shape index (κ2) is 3.48. The van der Waals surface area contributed by atoms with Gasteiger partial charge in [0.15, 0.2) is 0 Å². The highest BCUT2D eigenvalue weighted by Crippen LogP contribution is 2.56. The Kier molecular flexibility index (Phi) is 2.65. The van der Waals surface area contributed by atoms with Crippen LogP contribution in [0.2, 0.25) is 0 Å². The summed E-state index contributed by atoms with van der Waals surface area (Å²) in [7, 11) is 0. The first-order valence-electron chi connectivity index (χ1n) is 6.51. The maximum Gasteiger partial charge on any atom is -0.000312 e. The molecule has 0 bridgehead atoms. The first kappa shape index (κ1) is 11.4. The van der Waals surface area contributed by atoms with E-state index >= 15 is 0 Å². The molecule has 0 aromatic rings. The Labute approximate surface area is 95.0 Å². The van der Waals surface area contributed by atoms with Crippen LogP contribution < -0.4 is 5.32 Å². The summed E-state index contributed by atoms with van der Waals surface area (Å²) in [6, 6.07) is 0. The third-order valence-corrected chi connectivity index (χ3v) is 4.71. The first-order chi connectivity index (χ1) is 6.81. The molecule has 1 saturated heterocycles. The van der Waals surface area contributed by atoms with Crippen LogP contribution in [-0.2, 0) is 0 Å². The summed E-state index contributed by atoms with van der Waals surface area (Å²) in [6.07, 6.45) is 2.92. The van der Waals surface area contributed by atoms with Crippen LogP contribution in [-0.4, -0.2) is 13.1 Å². The van der Waals surface area contributed by atoms with Crippen LogP contribution >= 0.6 is 0 Å². The van der Waals surface area contributed by atoms with E-state index in [1.807, 2.05) is 0 Å². The predicted molar refractivity (Wildman–Crippen MR) is 65.8 cm³/mol. The highest BCUT2D eigenvalue weighted by Gasteiger charge is 2.48. The van der Waals surface area contributed by atoms with Gasteiger partial charge in [-0.05, 0) is 54.5 Å². The average molecular weight is 209 g/mol. The minimum absolute atomic E-state index is 0.540. The van der Waals surface area contributed by atoms with Crippen LogP contribution in [0.3, 0.4) is 0 Å². The molecule has 2 unspecified atom stereocenters. The monoisotopic (exact) mass is 209 g/mol. The van der Waals surface area contributed by atoms with E-state index in [9.17, 15) is 0 Å². The van der Waals surface area contributed by atoms with Crippen molar-refractivity contribution in [3.05, 3.63) is 0 Å². The molecule has 2 aliphatic rings. The van der Waals surface area contributed by atoms with Crippen molar-refractivity contribution in [2.75, 3.05) is 13.1 Å². The molecule has 0 spiro atoms. The van der Waals surface area contributed by atoms with Crippen LogP contribution in [0.1, 0.15) is 47.5 Å². The van der Waals surface area contributed by atoms with Crippen LogP contribution in [0.15, 0.2) is 0 Å². The second-order valence-electron chi connectivity index (χ2n) is 7.52. The molecule has 0 radical (unpaired) electrons. The molecular formula is C14H27N. The zero-order valence-corrected chi connectivity index (χ0v) is 11.1. The molecule has 0 amide bonds. The molecule has 1 heteroatoms. The normalized spacial score (nSPS) is 32.6. The third kappa shape index (κ3) is 2.38. The van der Waals surface area contributed by atoms with Gasteiger partial charge in [-0.15, -0.1) is 0 Å². The molecule has 2 rings (SSSR count). The van der Waals surface area contributed by atoms with Gasteiger partial charge in [-0.25, -0.2) is 0 Å². The molecule has 1 aliphatic carbocycles. The average Bonchev–Trinajstić information content (AvgIpc) is 2.57. The Balaban J connectivity index is 1.83. The van der Waals surface area contributed by atoms with Crippen molar-refractivity contribution in [2.24, 2.45) is 28.6 Å². The zero-order valence-electron chi connectivity index (χ0n) is 11.1. The summed E-state index contributed by atoms with van der Waals surface area (Å²) in [5.74, 6) is 2.93. The quantitative estimate of drug-likeness (QED) is 0.752. The molecule has 88 valence electrons. The Morgan fingerprint density at radius 3 is 2.00 bits per heavy atom. The lowest BCUT2D eigenvalue weighted by Gasteiger charge is -2.41. The van der Waals surface area contributed by atoms with Gasteiger partial charge >= 0.3 is 0 Å². The van der Waals surface area contributed by atoms with Crippen LogP contribution in [0.25, 0.3) is 0 Å². The number of nitrogens with one attached hydrogen (secondary N) is 1. The van der Waals surface area contributed by atoms with E-state index in [2.05, 4.69) is 39.9 Å². The zero-order chi connectivity index (χ0) is 11.3. The van der Waals surface area contributed by atoms with Crippen molar-refractivity contribution < 1.29 is 0 Å². The van der Waals surface area contributed by atoms with Gasteiger partial charge < -0.3 is 5.32 Å². The third-order valence-electron chi connectivity index (χ3n) is 4.71. The fraction of sp³-hybridized carbons (Fsp3) is 1.00. The summed E-state index contributed by atoms with van der Waals surface area (Å²) in [5, 5.41) is 3.40. The maximum atomic E-state index is 3.40. The van der Waals surface area contributed by atoms with E-state index in [1.165, 1.54) is 25.9 Å². The van der Waals surface area contributed by atoms with E-state index in [4.69, 9.17) is 0 Å². The summed E-state index contributed by atoms with van der Waals surface area (Å²) in [6.45, 7) is 14.6. The van der Waals surface area contributed by atoms with Crippen LogP contribution in [0.5, 0.6) is 0 Å². The van der Waals surface area contributed by atoms with E-state index in [1.54, 1.807) is 0 Å². The number of rotatable bonds is 3. The van der Waals surface area contributed by atoms with Crippen molar-refractivity contribution in [3.63, 3.8) is 0 Å². The van der Waals surface area contributed by atoms with Gasteiger partial charge in [0.25, 0.3) is 0 Å². The standard InChI is InChI=1S/C14H27N/c1-13(2,3)12-6-10(12)7-14(4,5)11-8-15-9-11/h10-12,15H,6-9H2,1-5H3. The van der Waals surface area contributed by atoms with Crippen molar-refractivity contribution in [3.8, 4) is 0 Å². The summed E-state index contributed by atoms with van der Waals surface area (Å²) in [4.78, 5) is 0. The lowest BCUT2D eigenvalue weighted by Crippen LogP contribution is -2.50. The molecule has 1 N–H and O–H groups in total. The largest absolute Gasteiger partial charge is 0.316 e. The molecule has 1 heterocycles. The maximum absolute atomic E-state index is 3.40. The Bertz CT molecular complexity index is 232. The van der Waals surface area contributed by atoms with Crippen LogP contribution in [0.4, 0.5) is 0 Å².